The summed E-state index contributed by atoms with van der Waals surface area (Å²) in [5.41, 5.74) is 0.0409. The molecule has 2 aromatic rings. The van der Waals surface area contributed by atoms with Gasteiger partial charge in [-0.1, -0.05) is 11.6 Å². The van der Waals surface area contributed by atoms with Crippen LogP contribution in [0, 0.1) is 0 Å². The van der Waals surface area contributed by atoms with E-state index in [4.69, 9.17) is 16.7 Å². The van der Waals surface area contributed by atoms with Crippen LogP contribution in [0.1, 0.15) is 10.4 Å². The summed E-state index contributed by atoms with van der Waals surface area (Å²) < 4.78 is 28.4. The van der Waals surface area contributed by atoms with Crippen LogP contribution in [-0.2, 0) is 17.1 Å². The Labute approximate surface area is 133 Å². The molecule has 0 saturated carbocycles. The van der Waals surface area contributed by atoms with Crippen molar-refractivity contribution in [3.05, 3.63) is 39.5 Å². The van der Waals surface area contributed by atoms with E-state index >= 15 is 0 Å². The molecule has 0 radical (unpaired) electrons. The lowest BCUT2D eigenvalue weighted by Crippen LogP contribution is -2.17. The zero-order valence-electron chi connectivity index (χ0n) is 10.5. The van der Waals surface area contributed by atoms with Gasteiger partial charge in [0, 0.05) is 11.5 Å². The van der Waals surface area contributed by atoms with Gasteiger partial charge in [0.15, 0.2) is 5.03 Å². The van der Waals surface area contributed by atoms with Gasteiger partial charge in [0.2, 0.25) is 0 Å². The smallest absolute Gasteiger partial charge is 0.335 e. The van der Waals surface area contributed by atoms with Gasteiger partial charge < -0.3 is 5.11 Å². The van der Waals surface area contributed by atoms with E-state index in [0.29, 0.717) is 4.47 Å². The van der Waals surface area contributed by atoms with Crippen molar-refractivity contribution in [2.45, 2.75) is 5.03 Å². The van der Waals surface area contributed by atoms with E-state index in [0.717, 1.165) is 4.68 Å². The molecule has 0 unspecified atom stereocenters. The van der Waals surface area contributed by atoms with Crippen LogP contribution in [0.25, 0.3) is 0 Å². The summed E-state index contributed by atoms with van der Waals surface area (Å²) in [5, 5.41) is 12.5. The minimum absolute atomic E-state index is 0.0319. The summed E-state index contributed by atoms with van der Waals surface area (Å²) in [6, 6.07) is 3.99. The highest BCUT2D eigenvalue weighted by Gasteiger charge is 2.24. The maximum atomic E-state index is 12.3. The number of nitrogens with one attached hydrogen (secondary N) is 1. The van der Waals surface area contributed by atoms with E-state index in [2.05, 4.69) is 25.8 Å². The molecule has 0 aliphatic carbocycles. The zero-order valence-corrected chi connectivity index (χ0v) is 13.7. The van der Waals surface area contributed by atoms with Crippen molar-refractivity contribution in [3.63, 3.8) is 0 Å². The van der Waals surface area contributed by atoms with E-state index in [1.165, 1.54) is 31.4 Å². The summed E-state index contributed by atoms with van der Waals surface area (Å²) in [5.74, 6) is -1.17. The summed E-state index contributed by atoms with van der Waals surface area (Å²) in [7, 11) is -2.57. The Bertz CT molecular complexity index is 799. The van der Waals surface area contributed by atoms with Crippen LogP contribution in [0.15, 0.2) is 33.9 Å². The lowest BCUT2D eigenvalue weighted by molar-refractivity contribution is 0.0697. The van der Waals surface area contributed by atoms with Crippen LogP contribution < -0.4 is 4.72 Å². The molecule has 0 aliphatic heterocycles. The number of aryl methyl sites for hydroxylation is 1. The van der Waals surface area contributed by atoms with E-state index < -0.39 is 16.0 Å². The van der Waals surface area contributed by atoms with Crippen LogP contribution in [0.3, 0.4) is 0 Å². The van der Waals surface area contributed by atoms with Crippen molar-refractivity contribution in [3.8, 4) is 0 Å². The second-order valence-electron chi connectivity index (χ2n) is 4.03. The topological polar surface area (TPSA) is 101 Å². The monoisotopic (exact) mass is 393 g/mol. The van der Waals surface area contributed by atoms with Gasteiger partial charge in [-0.05, 0) is 34.1 Å². The number of aromatic carboxylic acids is 1. The summed E-state index contributed by atoms with van der Waals surface area (Å²) >= 11 is 8.97. The number of carboxylic acid groups (broad SMARTS) is 1. The molecule has 21 heavy (non-hydrogen) atoms. The first kappa shape index (κ1) is 15.8. The van der Waals surface area contributed by atoms with Gasteiger partial charge in [0.1, 0.15) is 0 Å². The Morgan fingerprint density at radius 1 is 1.48 bits per heavy atom. The van der Waals surface area contributed by atoms with E-state index in [-0.39, 0.29) is 21.3 Å². The van der Waals surface area contributed by atoms with Crippen molar-refractivity contribution < 1.29 is 18.3 Å². The molecule has 2 N–H and O–H groups in total. The van der Waals surface area contributed by atoms with Gasteiger partial charge in [-0.15, -0.1) is 0 Å². The number of sulfonamides is 1. The third kappa shape index (κ3) is 3.20. The Morgan fingerprint density at radius 3 is 2.67 bits per heavy atom. The molecule has 0 amide bonds. The van der Waals surface area contributed by atoms with Crippen LogP contribution >= 0.6 is 27.5 Å². The molecule has 0 saturated heterocycles. The van der Waals surface area contributed by atoms with E-state index in [9.17, 15) is 13.2 Å². The Balaban J connectivity index is 2.46. The second-order valence-corrected chi connectivity index (χ2v) is 6.89. The number of rotatable bonds is 4. The normalized spacial score (nSPS) is 11.4. The predicted octanol–water partition coefficient (Wildman–Crippen LogP) is 2.33. The average molecular weight is 395 g/mol. The molecule has 2 rings (SSSR count). The molecule has 0 spiro atoms. The van der Waals surface area contributed by atoms with Crippen molar-refractivity contribution in [1.29, 1.82) is 0 Å². The molecule has 1 heterocycles. The number of nitrogens with zero attached hydrogens (tertiary/aromatic N) is 2. The fourth-order valence-electron chi connectivity index (χ4n) is 1.63. The molecule has 1 aromatic heterocycles. The summed E-state index contributed by atoms with van der Waals surface area (Å²) in [6.45, 7) is 0. The highest BCUT2D eigenvalue weighted by Crippen LogP contribution is 2.28. The van der Waals surface area contributed by atoms with Crippen LogP contribution in [0.5, 0.6) is 0 Å². The number of anilines is 1. The highest BCUT2D eigenvalue weighted by atomic mass is 79.9. The van der Waals surface area contributed by atoms with Gasteiger partial charge >= 0.3 is 5.97 Å². The molecule has 0 atom stereocenters. The van der Waals surface area contributed by atoms with Crippen molar-refractivity contribution >= 4 is 49.2 Å². The maximum absolute atomic E-state index is 12.3. The molecule has 0 aliphatic rings. The first-order valence-corrected chi connectivity index (χ1v) is 8.11. The molecule has 10 heteroatoms. The van der Waals surface area contributed by atoms with Gasteiger partial charge in [-0.3, -0.25) is 9.40 Å². The van der Waals surface area contributed by atoms with Gasteiger partial charge in [0.25, 0.3) is 10.0 Å². The molecule has 7 nitrogen and oxygen atoms in total. The molecule has 0 bridgehead atoms. The third-order valence-electron chi connectivity index (χ3n) is 2.55. The van der Waals surface area contributed by atoms with Crippen LogP contribution in [0.2, 0.25) is 5.02 Å². The number of halogens is 2. The Morgan fingerprint density at radius 2 is 2.14 bits per heavy atom. The van der Waals surface area contributed by atoms with E-state index in [1.807, 2.05) is 0 Å². The number of hydrogen-bond acceptors (Lipinski definition) is 4. The first-order chi connectivity index (χ1) is 9.72. The minimum Gasteiger partial charge on any atom is -0.478 e. The fraction of sp³-hybridized carbons (Fsp3) is 0.0909. The minimum atomic E-state index is -4.00. The summed E-state index contributed by atoms with van der Waals surface area (Å²) in [4.78, 5) is 10.9. The van der Waals surface area contributed by atoms with E-state index in [1.54, 1.807) is 0 Å². The Kier molecular flexibility index (Phi) is 4.26. The number of carboxylic acids is 1. The number of aromatic nitrogens is 2. The SMILES string of the molecule is Cn1ncc(Cl)c1S(=O)(=O)Nc1cc(C(=O)O)ccc1Br. The quantitative estimate of drug-likeness (QED) is 0.829. The molecular weight excluding hydrogens is 386 g/mol. The lowest BCUT2D eigenvalue weighted by atomic mass is 10.2. The number of carbonyl (C=O) groups is 1. The van der Waals surface area contributed by atoms with Crippen LogP contribution in [-0.4, -0.2) is 29.3 Å². The van der Waals surface area contributed by atoms with Crippen LogP contribution in [0.4, 0.5) is 5.69 Å². The van der Waals surface area contributed by atoms with Gasteiger partial charge in [0.05, 0.1) is 22.5 Å². The average Bonchev–Trinajstić information content (AvgIpc) is 2.71. The van der Waals surface area contributed by atoms with Crippen molar-refractivity contribution in [2.24, 2.45) is 7.05 Å². The van der Waals surface area contributed by atoms with Gasteiger partial charge in [-0.25, -0.2) is 4.79 Å². The first-order valence-electron chi connectivity index (χ1n) is 5.45. The molecule has 112 valence electrons. The van der Waals surface area contributed by atoms with Gasteiger partial charge in [-0.2, -0.15) is 13.5 Å². The third-order valence-corrected chi connectivity index (χ3v) is 5.12. The molecule has 0 fully saturated rings. The standard InChI is InChI=1S/C11H9BrClN3O4S/c1-16-10(8(13)5-14-16)21(19,20)15-9-4-6(11(17)18)2-3-7(9)12/h2-5,15H,1H3,(H,17,18). The molecular formula is C11H9BrClN3O4S. The number of benzene rings is 1. The highest BCUT2D eigenvalue weighted by molar-refractivity contribution is 9.10. The largest absolute Gasteiger partial charge is 0.478 e. The summed E-state index contributed by atoms with van der Waals surface area (Å²) in [6.07, 6.45) is 1.21. The van der Waals surface area contributed by atoms with Crippen molar-refractivity contribution in [2.75, 3.05) is 4.72 Å². The molecule has 1 aromatic carbocycles. The fourth-order valence-corrected chi connectivity index (χ4v) is 3.84. The zero-order chi connectivity index (χ0) is 15.8. The second kappa shape index (κ2) is 5.66. The predicted molar refractivity (Wildman–Crippen MR) is 80.1 cm³/mol. The Hall–Kier alpha value is -1.58. The number of hydrogen-bond donors (Lipinski definition) is 2. The maximum Gasteiger partial charge on any atom is 0.335 e. The van der Waals surface area contributed by atoms with Crippen molar-refractivity contribution in [1.82, 2.24) is 9.78 Å². The lowest BCUT2D eigenvalue weighted by Gasteiger charge is -2.11.